The third-order valence-electron chi connectivity index (χ3n) is 7.25. The van der Waals surface area contributed by atoms with Gasteiger partial charge in [0.25, 0.3) is 0 Å². The highest BCUT2D eigenvalue weighted by Crippen LogP contribution is 2.63. The maximum Gasteiger partial charge on any atom is 0.305 e. The molecule has 4 nitrogen and oxygen atoms in total. The maximum atomic E-state index is 12.2. The molecule has 1 N–H and O–H groups in total. The summed E-state index contributed by atoms with van der Waals surface area (Å²) in [6.45, 7) is 0.509. The van der Waals surface area contributed by atoms with Gasteiger partial charge in [-0.25, -0.2) is 0 Å². The van der Waals surface area contributed by atoms with E-state index in [1.54, 1.807) is 7.11 Å². The predicted molar refractivity (Wildman–Crippen MR) is 125 cm³/mol. The van der Waals surface area contributed by atoms with Gasteiger partial charge < -0.3 is 14.5 Å². The van der Waals surface area contributed by atoms with E-state index in [1.165, 1.54) is 41.0 Å². The zero-order valence-corrected chi connectivity index (χ0v) is 19.0. The Morgan fingerprint density at radius 2 is 1.90 bits per heavy atom. The fourth-order valence-corrected chi connectivity index (χ4v) is 8.85. The van der Waals surface area contributed by atoms with Crippen LogP contribution in [0, 0.1) is 17.8 Å². The second-order valence-electron chi connectivity index (χ2n) is 8.86. The molecule has 0 saturated heterocycles. The number of thiazole rings is 1. The molecule has 6 rings (SSSR count). The Morgan fingerprint density at radius 1 is 1.06 bits per heavy atom. The van der Waals surface area contributed by atoms with Crippen molar-refractivity contribution in [3.63, 3.8) is 0 Å². The Morgan fingerprint density at radius 3 is 2.74 bits per heavy atom. The molecule has 3 aromatic rings. The number of hydrogen-bond donors (Lipinski definition) is 1. The first-order valence-corrected chi connectivity index (χ1v) is 12.6. The molecular formula is C25H25NO3S2. The number of benzene rings is 2. The van der Waals surface area contributed by atoms with Crippen molar-refractivity contribution >= 4 is 23.1 Å². The second-order valence-corrected chi connectivity index (χ2v) is 11.1. The van der Waals surface area contributed by atoms with Gasteiger partial charge in [0.05, 0.1) is 12.1 Å². The van der Waals surface area contributed by atoms with Crippen LogP contribution in [0.2, 0.25) is 0 Å². The summed E-state index contributed by atoms with van der Waals surface area (Å²) < 4.78 is 11.8. The SMILES string of the molecule is COc1cc([C@@H]2c3sc(=O)[nH]c3S[C@H]3[C@@H]4CC[C@@H](C4)[C@H]23)ccc1OCc1ccccc1. The number of fused-ring (bicyclic) bond motifs is 6. The van der Waals surface area contributed by atoms with Crippen LogP contribution in [0.15, 0.2) is 58.4 Å². The highest BCUT2D eigenvalue weighted by Gasteiger charge is 2.54. The third-order valence-corrected chi connectivity index (χ3v) is 9.87. The van der Waals surface area contributed by atoms with Crippen molar-refractivity contribution in [1.82, 2.24) is 4.98 Å². The van der Waals surface area contributed by atoms with Crippen molar-refractivity contribution < 1.29 is 9.47 Å². The Hall–Kier alpha value is -2.18. The first-order valence-electron chi connectivity index (χ1n) is 11.0. The van der Waals surface area contributed by atoms with E-state index in [4.69, 9.17) is 9.47 Å². The molecule has 2 aromatic carbocycles. The van der Waals surface area contributed by atoms with E-state index in [-0.39, 0.29) is 10.8 Å². The van der Waals surface area contributed by atoms with Crippen LogP contribution in [0.5, 0.6) is 11.5 Å². The lowest BCUT2D eigenvalue weighted by Gasteiger charge is -2.40. The zero-order chi connectivity index (χ0) is 20.9. The van der Waals surface area contributed by atoms with Crippen LogP contribution in [-0.4, -0.2) is 17.3 Å². The number of rotatable bonds is 5. The lowest BCUT2D eigenvalue weighted by Crippen LogP contribution is -2.33. The van der Waals surface area contributed by atoms with Gasteiger partial charge in [-0.1, -0.05) is 47.7 Å². The predicted octanol–water partition coefficient (Wildman–Crippen LogP) is 5.68. The molecule has 160 valence electrons. The molecule has 1 aromatic heterocycles. The quantitative estimate of drug-likeness (QED) is 0.543. The van der Waals surface area contributed by atoms with Gasteiger partial charge in [0.2, 0.25) is 0 Å². The third kappa shape index (κ3) is 3.31. The van der Waals surface area contributed by atoms with Gasteiger partial charge in [-0.3, -0.25) is 4.79 Å². The van der Waals surface area contributed by atoms with E-state index in [9.17, 15) is 4.79 Å². The molecule has 1 aliphatic heterocycles. The van der Waals surface area contributed by atoms with E-state index >= 15 is 0 Å². The minimum absolute atomic E-state index is 0.0598. The monoisotopic (exact) mass is 451 g/mol. The topological polar surface area (TPSA) is 51.3 Å². The van der Waals surface area contributed by atoms with Crippen molar-refractivity contribution in [3.05, 3.63) is 74.2 Å². The standard InChI is InChI=1S/C25H25NO3S2/c1-28-19-12-16(9-10-18(19)29-13-14-5-3-2-4-6-14)21-20-15-7-8-17(11-15)22(20)30-24-23(21)31-25(27)26-24/h2-6,9-10,12,15,17,20-22H,7-8,11,13H2,1H3,(H,26,27)/t15-,17+,20+,21-,22-/m0/s1. The summed E-state index contributed by atoms with van der Waals surface area (Å²) in [6.07, 6.45) is 4.01. The maximum absolute atomic E-state index is 12.2. The van der Waals surface area contributed by atoms with Gasteiger partial charge >= 0.3 is 4.87 Å². The van der Waals surface area contributed by atoms with E-state index in [0.717, 1.165) is 33.9 Å². The highest BCUT2D eigenvalue weighted by molar-refractivity contribution is 8.00. The largest absolute Gasteiger partial charge is 0.493 e. The summed E-state index contributed by atoms with van der Waals surface area (Å²) in [7, 11) is 1.70. The van der Waals surface area contributed by atoms with Gasteiger partial charge in [0.15, 0.2) is 11.5 Å². The second kappa shape index (κ2) is 7.75. The lowest BCUT2D eigenvalue weighted by molar-refractivity contribution is 0.282. The molecule has 5 atom stereocenters. The van der Waals surface area contributed by atoms with Crippen molar-refractivity contribution in [2.24, 2.45) is 17.8 Å². The van der Waals surface area contributed by atoms with Crippen molar-refractivity contribution in [2.45, 2.75) is 42.1 Å². The highest BCUT2D eigenvalue weighted by atomic mass is 32.2. The molecule has 2 heterocycles. The number of thioether (sulfide) groups is 1. The summed E-state index contributed by atoms with van der Waals surface area (Å²) in [5.74, 6) is 3.93. The van der Waals surface area contributed by atoms with Gasteiger partial charge in [-0.2, -0.15) is 0 Å². The van der Waals surface area contributed by atoms with Crippen molar-refractivity contribution in [1.29, 1.82) is 0 Å². The number of methoxy groups -OCH3 is 1. The van der Waals surface area contributed by atoms with Crippen LogP contribution >= 0.6 is 23.1 Å². The summed E-state index contributed by atoms with van der Waals surface area (Å²) in [6, 6.07) is 16.5. The molecule has 0 amide bonds. The van der Waals surface area contributed by atoms with Crippen LogP contribution in [0.3, 0.4) is 0 Å². The summed E-state index contributed by atoms with van der Waals surface area (Å²) >= 11 is 3.32. The van der Waals surface area contributed by atoms with Crippen LogP contribution in [-0.2, 0) is 6.61 Å². The van der Waals surface area contributed by atoms with E-state index in [0.29, 0.717) is 17.8 Å². The van der Waals surface area contributed by atoms with Crippen LogP contribution in [0.25, 0.3) is 0 Å². The molecule has 6 heteroatoms. The molecular weight excluding hydrogens is 426 g/mol. The number of aromatic amines is 1. The fourth-order valence-electron chi connectivity index (χ4n) is 5.95. The number of hydrogen-bond acceptors (Lipinski definition) is 5. The number of aromatic nitrogens is 1. The molecule has 0 unspecified atom stereocenters. The fraction of sp³-hybridized carbons (Fsp3) is 0.400. The average molecular weight is 452 g/mol. The average Bonchev–Trinajstić information content (AvgIpc) is 3.51. The van der Waals surface area contributed by atoms with Gasteiger partial charge in [-0.15, -0.1) is 11.8 Å². The molecule has 0 spiro atoms. The molecule has 2 aliphatic carbocycles. The minimum atomic E-state index is 0.0598. The molecule has 2 saturated carbocycles. The van der Waals surface area contributed by atoms with E-state index < -0.39 is 0 Å². The normalized spacial score (nSPS) is 28.2. The molecule has 2 bridgehead atoms. The number of nitrogens with one attached hydrogen (secondary N) is 1. The Bertz CT molecular complexity index is 1160. The minimum Gasteiger partial charge on any atom is -0.493 e. The first-order chi connectivity index (χ1) is 15.2. The Labute approximate surface area is 190 Å². The van der Waals surface area contributed by atoms with E-state index in [1.807, 2.05) is 36.0 Å². The van der Waals surface area contributed by atoms with Crippen LogP contribution < -0.4 is 14.3 Å². The first kappa shape index (κ1) is 19.5. The molecule has 0 radical (unpaired) electrons. The molecule has 2 fully saturated rings. The van der Waals surface area contributed by atoms with Gasteiger partial charge in [-0.05, 0) is 60.3 Å². The lowest BCUT2D eigenvalue weighted by atomic mass is 9.75. The van der Waals surface area contributed by atoms with E-state index in [2.05, 4.69) is 29.2 Å². The summed E-state index contributed by atoms with van der Waals surface area (Å²) in [5, 5.41) is 1.71. The Kier molecular flexibility index (Phi) is 4.87. The van der Waals surface area contributed by atoms with Gasteiger partial charge in [0.1, 0.15) is 6.61 Å². The van der Waals surface area contributed by atoms with Gasteiger partial charge in [0, 0.05) is 16.0 Å². The zero-order valence-electron chi connectivity index (χ0n) is 17.4. The van der Waals surface area contributed by atoms with Crippen LogP contribution in [0.4, 0.5) is 0 Å². The summed E-state index contributed by atoms with van der Waals surface area (Å²) in [5.41, 5.74) is 2.37. The smallest absolute Gasteiger partial charge is 0.305 e. The Balaban J connectivity index is 1.35. The van der Waals surface area contributed by atoms with Crippen LogP contribution in [0.1, 0.15) is 41.2 Å². The molecule has 3 aliphatic rings. The number of H-pyrrole nitrogens is 1. The van der Waals surface area contributed by atoms with Crippen molar-refractivity contribution in [3.8, 4) is 11.5 Å². The summed E-state index contributed by atoms with van der Waals surface area (Å²) in [4.78, 5) is 16.6. The molecule has 31 heavy (non-hydrogen) atoms. The number of ether oxygens (including phenoxy) is 2. The van der Waals surface area contributed by atoms with Crippen molar-refractivity contribution in [2.75, 3.05) is 7.11 Å².